The van der Waals surface area contributed by atoms with E-state index in [1.165, 1.54) is 5.56 Å². The summed E-state index contributed by atoms with van der Waals surface area (Å²) in [5, 5.41) is 5.63. The van der Waals surface area contributed by atoms with Gasteiger partial charge in [0.05, 0.1) is 18.3 Å². The number of hydrogen-bond donors (Lipinski definition) is 2. The zero-order valence-electron chi connectivity index (χ0n) is 14.5. The van der Waals surface area contributed by atoms with Crippen LogP contribution in [-0.4, -0.2) is 29.5 Å². The molecule has 3 rings (SSSR count). The van der Waals surface area contributed by atoms with Crippen LogP contribution >= 0.6 is 0 Å². The second-order valence-corrected chi connectivity index (χ2v) is 6.32. The molecule has 130 valence electrons. The normalized spacial score (nSPS) is 16.8. The molecule has 0 bridgehead atoms. The number of nitrogens with zero attached hydrogens (tertiary/aromatic N) is 2. The highest BCUT2D eigenvalue weighted by atomic mass is 16.2. The zero-order chi connectivity index (χ0) is 17.8. The van der Waals surface area contributed by atoms with Crippen molar-refractivity contribution in [3.05, 3.63) is 59.4 Å². The first-order valence-corrected chi connectivity index (χ1v) is 8.35. The van der Waals surface area contributed by atoms with Crippen LogP contribution in [0.2, 0.25) is 0 Å². The lowest BCUT2D eigenvalue weighted by atomic mass is 10.1. The van der Waals surface area contributed by atoms with Gasteiger partial charge in [0.25, 0.3) is 0 Å². The standard InChI is InChI=1S/C19H22N4O2/c1-13-6-7-17(9-14(13)2)23-12-16(10-18(23)24)22-19(25)21-11-15-5-3-4-8-20-15/h3-9,16H,10-12H2,1-2H3,(H2,21,22,25)/t16-/m0/s1. The summed E-state index contributed by atoms with van der Waals surface area (Å²) < 4.78 is 0. The maximum Gasteiger partial charge on any atom is 0.315 e. The molecule has 25 heavy (non-hydrogen) atoms. The molecule has 6 heteroatoms. The van der Waals surface area contributed by atoms with Gasteiger partial charge in [0.1, 0.15) is 0 Å². The Kier molecular flexibility index (Phi) is 4.97. The molecule has 2 heterocycles. The van der Waals surface area contributed by atoms with Crippen LogP contribution in [0.15, 0.2) is 42.6 Å². The molecule has 0 unspecified atom stereocenters. The summed E-state index contributed by atoms with van der Waals surface area (Å²) in [5.41, 5.74) is 4.01. The predicted molar refractivity (Wildman–Crippen MR) is 96.3 cm³/mol. The summed E-state index contributed by atoms with van der Waals surface area (Å²) in [6, 6.07) is 11.0. The number of hydrogen-bond acceptors (Lipinski definition) is 3. The van der Waals surface area contributed by atoms with Crippen molar-refractivity contribution >= 4 is 17.6 Å². The molecule has 1 fully saturated rings. The van der Waals surface area contributed by atoms with Crippen molar-refractivity contribution in [1.82, 2.24) is 15.6 Å². The van der Waals surface area contributed by atoms with Gasteiger partial charge in [-0.15, -0.1) is 0 Å². The molecule has 2 aromatic rings. The molecule has 0 saturated carbocycles. The Hall–Kier alpha value is -2.89. The Bertz CT molecular complexity index is 776. The van der Waals surface area contributed by atoms with Gasteiger partial charge in [-0.3, -0.25) is 9.78 Å². The number of carbonyl (C=O) groups excluding carboxylic acids is 2. The predicted octanol–water partition coefficient (Wildman–Crippen LogP) is 2.30. The van der Waals surface area contributed by atoms with E-state index in [2.05, 4.69) is 15.6 Å². The van der Waals surface area contributed by atoms with Crippen LogP contribution in [0.4, 0.5) is 10.5 Å². The average molecular weight is 338 g/mol. The van der Waals surface area contributed by atoms with Crippen molar-refractivity contribution in [2.75, 3.05) is 11.4 Å². The maximum atomic E-state index is 12.3. The van der Waals surface area contributed by atoms with Gasteiger partial charge in [-0.05, 0) is 49.2 Å². The van der Waals surface area contributed by atoms with E-state index in [1.54, 1.807) is 11.1 Å². The number of amides is 3. The van der Waals surface area contributed by atoms with Gasteiger partial charge < -0.3 is 15.5 Å². The fourth-order valence-electron chi connectivity index (χ4n) is 2.86. The van der Waals surface area contributed by atoms with E-state index in [9.17, 15) is 9.59 Å². The van der Waals surface area contributed by atoms with Crippen molar-refractivity contribution in [3.63, 3.8) is 0 Å². The number of carbonyl (C=O) groups is 2. The number of aryl methyl sites for hydroxylation is 2. The first-order valence-electron chi connectivity index (χ1n) is 8.35. The van der Waals surface area contributed by atoms with Crippen LogP contribution in [-0.2, 0) is 11.3 Å². The minimum absolute atomic E-state index is 0.0262. The Morgan fingerprint density at radius 3 is 2.80 bits per heavy atom. The molecule has 1 saturated heterocycles. The molecular weight excluding hydrogens is 316 g/mol. The van der Waals surface area contributed by atoms with Gasteiger partial charge in [-0.1, -0.05) is 12.1 Å². The van der Waals surface area contributed by atoms with Gasteiger partial charge >= 0.3 is 6.03 Å². The van der Waals surface area contributed by atoms with E-state index in [-0.39, 0.29) is 18.0 Å². The molecule has 1 atom stereocenters. The van der Waals surface area contributed by atoms with E-state index < -0.39 is 0 Å². The van der Waals surface area contributed by atoms with E-state index in [0.29, 0.717) is 19.5 Å². The Labute approximate surface area is 147 Å². The smallest absolute Gasteiger partial charge is 0.315 e. The lowest BCUT2D eigenvalue weighted by Gasteiger charge is -2.18. The van der Waals surface area contributed by atoms with Crippen LogP contribution in [0.5, 0.6) is 0 Å². The van der Waals surface area contributed by atoms with Crippen molar-refractivity contribution in [2.45, 2.75) is 32.9 Å². The number of nitrogens with one attached hydrogen (secondary N) is 2. The highest BCUT2D eigenvalue weighted by molar-refractivity contribution is 5.96. The van der Waals surface area contributed by atoms with Crippen molar-refractivity contribution < 1.29 is 9.59 Å². The number of benzene rings is 1. The van der Waals surface area contributed by atoms with Crippen LogP contribution in [0.1, 0.15) is 23.2 Å². The third-order valence-electron chi connectivity index (χ3n) is 4.42. The summed E-state index contributed by atoms with van der Waals surface area (Å²) >= 11 is 0. The third kappa shape index (κ3) is 4.15. The maximum absolute atomic E-state index is 12.3. The first kappa shape index (κ1) is 17.0. The molecule has 1 aliphatic heterocycles. The number of urea groups is 1. The van der Waals surface area contributed by atoms with Gasteiger partial charge in [-0.25, -0.2) is 4.79 Å². The van der Waals surface area contributed by atoms with E-state index in [1.807, 2.05) is 50.2 Å². The summed E-state index contributed by atoms with van der Waals surface area (Å²) in [7, 11) is 0. The fraction of sp³-hybridized carbons (Fsp3) is 0.316. The molecule has 1 aromatic heterocycles. The van der Waals surface area contributed by atoms with Crippen LogP contribution in [0, 0.1) is 13.8 Å². The van der Waals surface area contributed by atoms with Gasteiger partial charge in [0, 0.05) is 24.8 Å². The second-order valence-electron chi connectivity index (χ2n) is 6.32. The third-order valence-corrected chi connectivity index (χ3v) is 4.42. The van der Waals surface area contributed by atoms with Gasteiger partial charge in [-0.2, -0.15) is 0 Å². The van der Waals surface area contributed by atoms with E-state index in [0.717, 1.165) is 16.9 Å². The minimum Gasteiger partial charge on any atom is -0.333 e. The molecule has 0 radical (unpaired) electrons. The summed E-state index contributed by atoms with van der Waals surface area (Å²) in [6.45, 7) is 4.91. The quantitative estimate of drug-likeness (QED) is 0.898. The van der Waals surface area contributed by atoms with Crippen LogP contribution in [0.3, 0.4) is 0 Å². The lowest BCUT2D eigenvalue weighted by molar-refractivity contribution is -0.117. The van der Waals surface area contributed by atoms with Gasteiger partial charge in [0.15, 0.2) is 0 Å². The molecule has 3 amide bonds. The largest absolute Gasteiger partial charge is 0.333 e. The molecular formula is C19H22N4O2. The Morgan fingerprint density at radius 2 is 2.08 bits per heavy atom. The van der Waals surface area contributed by atoms with Gasteiger partial charge in [0.2, 0.25) is 5.91 Å². The zero-order valence-corrected chi connectivity index (χ0v) is 14.5. The molecule has 0 aliphatic carbocycles. The monoisotopic (exact) mass is 338 g/mol. The summed E-state index contributed by atoms with van der Waals surface area (Å²) in [4.78, 5) is 30.2. The lowest BCUT2D eigenvalue weighted by Crippen LogP contribution is -2.43. The second kappa shape index (κ2) is 7.34. The van der Waals surface area contributed by atoms with E-state index >= 15 is 0 Å². The molecule has 6 nitrogen and oxygen atoms in total. The molecule has 2 N–H and O–H groups in total. The van der Waals surface area contributed by atoms with Crippen molar-refractivity contribution in [1.29, 1.82) is 0 Å². The topological polar surface area (TPSA) is 74.3 Å². The highest BCUT2D eigenvalue weighted by Gasteiger charge is 2.31. The van der Waals surface area contributed by atoms with E-state index in [4.69, 9.17) is 0 Å². The molecule has 0 spiro atoms. The van der Waals surface area contributed by atoms with Crippen LogP contribution < -0.4 is 15.5 Å². The number of anilines is 1. The summed E-state index contributed by atoms with van der Waals surface area (Å²) in [6.07, 6.45) is 2.00. The Morgan fingerprint density at radius 1 is 1.24 bits per heavy atom. The van der Waals surface area contributed by atoms with Crippen LogP contribution in [0.25, 0.3) is 0 Å². The van der Waals surface area contributed by atoms with Crippen molar-refractivity contribution in [3.8, 4) is 0 Å². The number of pyridine rings is 1. The highest BCUT2D eigenvalue weighted by Crippen LogP contribution is 2.24. The Balaban J connectivity index is 1.55. The average Bonchev–Trinajstić information content (AvgIpc) is 2.96. The fourth-order valence-corrected chi connectivity index (χ4v) is 2.86. The number of aromatic nitrogens is 1. The SMILES string of the molecule is Cc1ccc(N2C[C@@H](NC(=O)NCc3ccccn3)CC2=O)cc1C. The molecule has 1 aliphatic rings. The van der Waals surface area contributed by atoms with Crippen molar-refractivity contribution in [2.24, 2.45) is 0 Å². The minimum atomic E-state index is -0.287. The molecule has 1 aromatic carbocycles. The number of rotatable bonds is 4. The summed E-state index contributed by atoms with van der Waals surface area (Å²) in [5.74, 6) is 0.0262. The first-order chi connectivity index (χ1) is 12.0.